The zero-order chi connectivity index (χ0) is 12.9. The highest BCUT2D eigenvalue weighted by atomic mass is 32.2. The number of rotatable bonds is 5. The zero-order valence-corrected chi connectivity index (χ0v) is 10.8. The molecule has 0 amide bonds. The van der Waals surface area contributed by atoms with E-state index in [1.54, 1.807) is 6.92 Å². The van der Waals surface area contributed by atoms with Gasteiger partial charge in [-0.25, -0.2) is 4.72 Å². The number of amidine groups is 1. The summed E-state index contributed by atoms with van der Waals surface area (Å²) in [7, 11) is -3.62. The monoisotopic (exact) mass is 264 g/mol. The number of nitrogens with one attached hydrogen (secondary N) is 2. The lowest BCUT2D eigenvalue weighted by Crippen LogP contribution is -2.60. The Hall–Kier alpha value is -0.860. The summed E-state index contributed by atoms with van der Waals surface area (Å²) in [4.78, 5) is 0. The Balaban J connectivity index is 2.92. The molecule has 0 aliphatic heterocycles. The predicted octanol–water partition coefficient (Wildman–Crippen LogP) is -0.120. The summed E-state index contributed by atoms with van der Waals surface area (Å²) in [6.45, 7) is 1.98. The third-order valence-corrected chi connectivity index (χ3v) is 4.30. The molecule has 0 bridgehead atoms. The first kappa shape index (κ1) is 14.2. The van der Waals surface area contributed by atoms with Crippen LogP contribution in [0.3, 0.4) is 0 Å². The van der Waals surface area contributed by atoms with Gasteiger partial charge in [0.15, 0.2) is 5.84 Å². The Morgan fingerprint density at radius 1 is 1.41 bits per heavy atom. The topological polar surface area (TPSA) is 117 Å². The van der Waals surface area contributed by atoms with Crippen LogP contribution in [0, 0.1) is 0 Å². The third kappa shape index (κ3) is 3.55. The average Bonchev–Trinajstić information content (AvgIpc) is 2.28. The van der Waals surface area contributed by atoms with Crippen LogP contribution in [0.2, 0.25) is 0 Å². The maximum absolute atomic E-state index is 11.7. The van der Waals surface area contributed by atoms with Crippen LogP contribution < -0.4 is 15.2 Å². The van der Waals surface area contributed by atoms with Gasteiger partial charge in [-0.2, -0.15) is 13.1 Å². The maximum Gasteiger partial charge on any atom is 0.277 e. The molecule has 17 heavy (non-hydrogen) atoms. The van der Waals surface area contributed by atoms with E-state index >= 15 is 0 Å². The fourth-order valence-electron chi connectivity index (χ4n) is 2.14. The summed E-state index contributed by atoms with van der Waals surface area (Å²) in [5.41, 5.74) is 4.68. The van der Waals surface area contributed by atoms with Crippen LogP contribution in [0.5, 0.6) is 0 Å². The van der Waals surface area contributed by atoms with Crippen molar-refractivity contribution in [2.75, 3.05) is 6.54 Å². The lowest BCUT2D eigenvalue weighted by Gasteiger charge is -2.36. The van der Waals surface area contributed by atoms with Gasteiger partial charge in [0.1, 0.15) is 0 Å². The molecule has 5 N–H and O–H groups in total. The second-order valence-electron chi connectivity index (χ2n) is 4.23. The molecule has 0 aromatic rings. The quantitative estimate of drug-likeness (QED) is 0.240. The molecular formula is C9H20N4O3S. The summed E-state index contributed by atoms with van der Waals surface area (Å²) >= 11 is 0. The molecule has 0 unspecified atom stereocenters. The minimum Gasteiger partial charge on any atom is -0.409 e. The van der Waals surface area contributed by atoms with E-state index in [0.29, 0.717) is 19.4 Å². The normalized spacial score (nSPS) is 21.4. The van der Waals surface area contributed by atoms with Gasteiger partial charge < -0.3 is 10.9 Å². The molecule has 0 aromatic carbocycles. The molecule has 0 aromatic heterocycles. The van der Waals surface area contributed by atoms with Crippen LogP contribution in [-0.2, 0) is 10.2 Å². The third-order valence-electron chi connectivity index (χ3n) is 2.97. The molecule has 0 heterocycles. The van der Waals surface area contributed by atoms with E-state index in [1.165, 1.54) is 0 Å². The van der Waals surface area contributed by atoms with E-state index in [2.05, 4.69) is 14.6 Å². The van der Waals surface area contributed by atoms with Crippen molar-refractivity contribution in [1.29, 1.82) is 0 Å². The molecule has 1 aliphatic rings. The van der Waals surface area contributed by atoms with Gasteiger partial charge in [0.2, 0.25) is 0 Å². The highest BCUT2D eigenvalue weighted by molar-refractivity contribution is 7.87. The van der Waals surface area contributed by atoms with Crippen molar-refractivity contribution in [2.24, 2.45) is 10.9 Å². The fourth-order valence-corrected chi connectivity index (χ4v) is 3.42. The van der Waals surface area contributed by atoms with Crippen molar-refractivity contribution in [3.63, 3.8) is 0 Å². The molecule has 1 saturated carbocycles. The highest BCUT2D eigenvalue weighted by Crippen LogP contribution is 2.28. The van der Waals surface area contributed by atoms with Gasteiger partial charge in [0, 0.05) is 6.54 Å². The van der Waals surface area contributed by atoms with Crippen molar-refractivity contribution in [3.8, 4) is 0 Å². The average molecular weight is 264 g/mol. The largest absolute Gasteiger partial charge is 0.409 e. The number of oxime groups is 1. The van der Waals surface area contributed by atoms with E-state index in [4.69, 9.17) is 10.9 Å². The molecule has 8 heteroatoms. The van der Waals surface area contributed by atoms with Crippen LogP contribution in [0.1, 0.15) is 39.0 Å². The molecule has 0 atom stereocenters. The molecule has 0 radical (unpaired) electrons. The summed E-state index contributed by atoms with van der Waals surface area (Å²) in [6, 6.07) is 0. The van der Waals surface area contributed by atoms with Gasteiger partial charge in [-0.1, -0.05) is 31.3 Å². The van der Waals surface area contributed by atoms with Crippen LogP contribution >= 0.6 is 0 Å². The first-order valence-electron chi connectivity index (χ1n) is 5.72. The van der Waals surface area contributed by atoms with Gasteiger partial charge in [0.05, 0.1) is 5.54 Å². The van der Waals surface area contributed by atoms with Crippen molar-refractivity contribution in [3.05, 3.63) is 0 Å². The molecule has 0 spiro atoms. The molecule has 0 saturated heterocycles. The van der Waals surface area contributed by atoms with E-state index < -0.39 is 15.7 Å². The first-order valence-corrected chi connectivity index (χ1v) is 7.20. The van der Waals surface area contributed by atoms with Crippen molar-refractivity contribution in [1.82, 2.24) is 9.44 Å². The second-order valence-corrected chi connectivity index (χ2v) is 5.73. The standard InChI is InChI=1S/C9H20N4O3S/c1-2-11-17(15,16)13-9(8(10)12-14)6-4-3-5-7-9/h11,13-14H,2-7H2,1H3,(H2,10,12). The van der Waals surface area contributed by atoms with E-state index in [9.17, 15) is 8.42 Å². The van der Waals surface area contributed by atoms with Crippen LogP contribution in [-0.4, -0.2) is 31.5 Å². The molecule has 1 aliphatic carbocycles. The van der Waals surface area contributed by atoms with E-state index in [-0.39, 0.29) is 5.84 Å². The van der Waals surface area contributed by atoms with Gasteiger partial charge in [0.25, 0.3) is 10.2 Å². The van der Waals surface area contributed by atoms with Crippen LogP contribution in [0.25, 0.3) is 0 Å². The summed E-state index contributed by atoms with van der Waals surface area (Å²) in [5, 5.41) is 11.8. The molecule has 1 rings (SSSR count). The van der Waals surface area contributed by atoms with Crippen LogP contribution in [0.15, 0.2) is 5.16 Å². The smallest absolute Gasteiger partial charge is 0.277 e. The van der Waals surface area contributed by atoms with E-state index in [1.807, 2.05) is 0 Å². The Bertz CT molecular complexity index is 374. The number of nitrogens with two attached hydrogens (primary N) is 1. The maximum atomic E-state index is 11.7. The molecule has 7 nitrogen and oxygen atoms in total. The van der Waals surface area contributed by atoms with Gasteiger partial charge in [-0.15, -0.1) is 0 Å². The van der Waals surface area contributed by atoms with Crippen molar-refractivity contribution < 1.29 is 13.6 Å². The first-order chi connectivity index (χ1) is 7.96. The number of nitrogens with zero attached hydrogens (tertiary/aromatic N) is 1. The SMILES string of the molecule is CCNS(=O)(=O)NC1(C(N)=NO)CCCCC1. The Morgan fingerprint density at radius 3 is 2.47 bits per heavy atom. The van der Waals surface area contributed by atoms with Gasteiger partial charge >= 0.3 is 0 Å². The molecular weight excluding hydrogens is 244 g/mol. The predicted molar refractivity (Wildman–Crippen MR) is 65.0 cm³/mol. The second kappa shape index (κ2) is 5.65. The number of hydrogen-bond acceptors (Lipinski definition) is 4. The summed E-state index contributed by atoms with van der Waals surface area (Å²) < 4.78 is 28.3. The molecule has 100 valence electrons. The minimum atomic E-state index is -3.62. The Morgan fingerprint density at radius 2 is 2.00 bits per heavy atom. The van der Waals surface area contributed by atoms with Crippen molar-refractivity contribution >= 4 is 16.0 Å². The summed E-state index contributed by atoms with van der Waals surface area (Å²) in [5.74, 6) is -0.0707. The lowest BCUT2D eigenvalue weighted by atomic mass is 9.82. The van der Waals surface area contributed by atoms with Gasteiger partial charge in [-0.05, 0) is 12.8 Å². The van der Waals surface area contributed by atoms with E-state index in [0.717, 1.165) is 19.3 Å². The molecule has 1 fully saturated rings. The fraction of sp³-hybridized carbons (Fsp3) is 0.889. The van der Waals surface area contributed by atoms with Gasteiger partial charge in [-0.3, -0.25) is 0 Å². The van der Waals surface area contributed by atoms with Crippen LogP contribution in [0.4, 0.5) is 0 Å². The zero-order valence-electron chi connectivity index (χ0n) is 9.94. The Kier molecular flexibility index (Phi) is 4.72. The number of hydrogen-bond donors (Lipinski definition) is 4. The van der Waals surface area contributed by atoms with Crippen molar-refractivity contribution in [2.45, 2.75) is 44.6 Å². The lowest BCUT2D eigenvalue weighted by molar-refractivity contribution is 0.293. The highest BCUT2D eigenvalue weighted by Gasteiger charge is 2.40. The minimum absolute atomic E-state index is 0.0707. The summed E-state index contributed by atoms with van der Waals surface area (Å²) in [6.07, 6.45) is 3.83. The Labute approximate surface area is 102 Å².